The monoisotopic (exact) mass is 225 g/mol. The van der Waals surface area contributed by atoms with E-state index in [0.717, 1.165) is 6.07 Å². The molecule has 0 bridgehead atoms. The van der Waals surface area contributed by atoms with Crippen LogP contribution in [0.1, 0.15) is 12.0 Å². The molecule has 0 saturated carbocycles. The smallest absolute Gasteiger partial charge is 0.168 e. The molecular weight excluding hydrogens is 216 g/mol. The number of hydrogen-bond donors (Lipinski definition) is 1. The zero-order chi connectivity index (χ0) is 12.0. The number of nitrogens with zero attached hydrogens (tertiary/aromatic N) is 3. The first kappa shape index (κ1) is 12.0. The number of halogens is 2. The Balaban J connectivity index is 2.76. The van der Waals surface area contributed by atoms with Gasteiger partial charge in [0.15, 0.2) is 11.6 Å². The van der Waals surface area contributed by atoms with E-state index in [1.54, 1.807) is 6.08 Å². The lowest BCUT2D eigenvalue weighted by molar-refractivity contribution is 0.426. The van der Waals surface area contributed by atoms with Crippen molar-refractivity contribution in [2.75, 3.05) is 6.54 Å². The first-order valence-electron chi connectivity index (χ1n) is 4.50. The molecule has 0 fully saturated rings. The molecular formula is C10H9F2N3O. The van der Waals surface area contributed by atoms with Gasteiger partial charge in [-0.15, -0.1) is 0 Å². The van der Waals surface area contributed by atoms with Crippen LogP contribution in [0.15, 0.2) is 23.3 Å². The lowest BCUT2D eigenvalue weighted by Crippen LogP contribution is -1.85. The van der Waals surface area contributed by atoms with Crippen LogP contribution in [0.5, 0.6) is 5.75 Å². The fourth-order valence-corrected chi connectivity index (χ4v) is 1.10. The Morgan fingerprint density at radius 3 is 2.88 bits per heavy atom. The molecule has 4 nitrogen and oxygen atoms in total. The highest BCUT2D eigenvalue weighted by molar-refractivity contribution is 5.57. The predicted octanol–water partition coefficient (Wildman–Crippen LogP) is 3.38. The minimum atomic E-state index is -1.00. The fraction of sp³-hybridized carbons (Fsp3) is 0.200. The van der Waals surface area contributed by atoms with Crippen LogP contribution in [0.4, 0.5) is 8.78 Å². The predicted molar refractivity (Wildman–Crippen MR) is 55.7 cm³/mol. The van der Waals surface area contributed by atoms with Crippen molar-refractivity contribution < 1.29 is 13.9 Å². The summed E-state index contributed by atoms with van der Waals surface area (Å²) in [6, 6.07) is 1.62. The second-order valence-corrected chi connectivity index (χ2v) is 2.97. The van der Waals surface area contributed by atoms with Crippen LogP contribution in [0.2, 0.25) is 0 Å². The van der Waals surface area contributed by atoms with Gasteiger partial charge in [-0.2, -0.15) is 0 Å². The van der Waals surface area contributed by atoms with Crippen LogP contribution < -0.4 is 0 Å². The molecule has 0 spiro atoms. The lowest BCUT2D eigenvalue weighted by Gasteiger charge is -2.00. The molecule has 1 aromatic rings. The summed E-state index contributed by atoms with van der Waals surface area (Å²) in [6.45, 7) is 0.256. The maximum absolute atomic E-state index is 12.9. The average Bonchev–Trinajstić information content (AvgIpc) is 2.24. The Morgan fingerprint density at radius 2 is 2.19 bits per heavy atom. The molecule has 0 aromatic heterocycles. The summed E-state index contributed by atoms with van der Waals surface area (Å²) >= 11 is 0. The first-order valence-corrected chi connectivity index (χ1v) is 4.50. The second kappa shape index (κ2) is 5.72. The van der Waals surface area contributed by atoms with Gasteiger partial charge in [0.2, 0.25) is 0 Å². The molecule has 0 heterocycles. The summed E-state index contributed by atoms with van der Waals surface area (Å²) in [5, 5.41) is 12.5. The normalized spacial score (nSPS) is 10.4. The fourth-order valence-electron chi connectivity index (χ4n) is 1.10. The van der Waals surface area contributed by atoms with E-state index in [-0.39, 0.29) is 12.1 Å². The highest BCUT2D eigenvalue weighted by Gasteiger charge is 2.06. The van der Waals surface area contributed by atoms with Gasteiger partial charge in [0, 0.05) is 23.1 Å². The highest BCUT2D eigenvalue weighted by atomic mass is 19.1. The van der Waals surface area contributed by atoms with Crippen LogP contribution >= 0.6 is 0 Å². The van der Waals surface area contributed by atoms with E-state index in [2.05, 4.69) is 10.0 Å². The van der Waals surface area contributed by atoms with Crippen LogP contribution in [0.25, 0.3) is 16.5 Å². The van der Waals surface area contributed by atoms with Crippen molar-refractivity contribution in [3.8, 4) is 5.75 Å². The van der Waals surface area contributed by atoms with Gasteiger partial charge in [-0.3, -0.25) is 0 Å². The molecule has 0 amide bonds. The molecule has 84 valence electrons. The van der Waals surface area contributed by atoms with E-state index in [1.807, 2.05) is 0 Å². The molecule has 1 aromatic carbocycles. The Morgan fingerprint density at radius 1 is 1.44 bits per heavy atom. The Labute approximate surface area is 90.5 Å². The third-order valence-corrected chi connectivity index (χ3v) is 1.81. The van der Waals surface area contributed by atoms with Crippen LogP contribution in [0.3, 0.4) is 0 Å². The number of rotatable bonds is 4. The molecule has 1 N–H and O–H groups in total. The lowest BCUT2D eigenvalue weighted by atomic mass is 10.1. The van der Waals surface area contributed by atoms with E-state index >= 15 is 0 Å². The van der Waals surface area contributed by atoms with Crippen LogP contribution in [0, 0.1) is 11.6 Å². The number of phenols is 1. The van der Waals surface area contributed by atoms with E-state index in [4.69, 9.17) is 5.53 Å². The molecule has 1 rings (SSSR count). The van der Waals surface area contributed by atoms with Gasteiger partial charge < -0.3 is 5.11 Å². The van der Waals surface area contributed by atoms with Crippen molar-refractivity contribution in [2.45, 2.75) is 6.42 Å². The molecule has 0 unspecified atom stereocenters. The number of phenolic OH excluding ortho intramolecular Hbond substituents is 1. The number of benzene rings is 1. The van der Waals surface area contributed by atoms with Gasteiger partial charge in [-0.05, 0) is 18.0 Å². The van der Waals surface area contributed by atoms with Crippen LogP contribution in [-0.4, -0.2) is 11.7 Å². The number of hydrogen-bond acceptors (Lipinski definition) is 2. The van der Waals surface area contributed by atoms with Crippen LogP contribution in [-0.2, 0) is 0 Å². The van der Waals surface area contributed by atoms with Gasteiger partial charge in [0.05, 0.1) is 0 Å². The molecule has 0 radical (unpaired) electrons. The van der Waals surface area contributed by atoms with E-state index in [1.165, 1.54) is 6.08 Å². The van der Waals surface area contributed by atoms with Gasteiger partial charge in [-0.25, -0.2) is 8.78 Å². The van der Waals surface area contributed by atoms with E-state index < -0.39 is 17.4 Å². The second-order valence-electron chi connectivity index (χ2n) is 2.97. The molecule has 0 saturated heterocycles. The molecule has 0 aliphatic carbocycles. The Hall–Kier alpha value is -2.07. The van der Waals surface area contributed by atoms with Gasteiger partial charge >= 0.3 is 0 Å². The van der Waals surface area contributed by atoms with Crippen molar-refractivity contribution in [2.24, 2.45) is 5.11 Å². The highest BCUT2D eigenvalue weighted by Crippen LogP contribution is 2.23. The van der Waals surface area contributed by atoms with Gasteiger partial charge in [0.1, 0.15) is 5.82 Å². The summed E-state index contributed by atoms with van der Waals surface area (Å²) < 4.78 is 25.7. The summed E-state index contributed by atoms with van der Waals surface area (Å²) in [5.74, 6) is -2.36. The average molecular weight is 225 g/mol. The van der Waals surface area contributed by atoms with E-state index in [9.17, 15) is 13.9 Å². The zero-order valence-corrected chi connectivity index (χ0v) is 8.27. The van der Waals surface area contributed by atoms with Crippen molar-refractivity contribution in [3.63, 3.8) is 0 Å². The molecule has 6 heteroatoms. The largest absolute Gasteiger partial charge is 0.504 e. The van der Waals surface area contributed by atoms with Gasteiger partial charge in [-0.1, -0.05) is 17.3 Å². The Bertz CT molecular complexity index is 454. The maximum Gasteiger partial charge on any atom is 0.168 e. The molecule has 0 aliphatic rings. The Kier molecular flexibility index (Phi) is 4.29. The first-order chi connectivity index (χ1) is 7.65. The number of aromatic hydroxyl groups is 1. The molecule has 0 atom stereocenters. The topological polar surface area (TPSA) is 69.0 Å². The molecule has 0 aliphatic heterocycles. The van der Waals surface area contributed by atoms with Crippen molar-refractivity contribution in [1.82, 2.24) is 0 Å². The summed E-state index contributed by atoms with van der Waals surface area (Å²) in [5.41, 5.74) is 8.05. The summed E-state index contributed by atoms with van der Waals surface area (Å²) in [4.78, 5) is 2.55. The van der Waals surface area contributed by atoms with Crippen molar-refractivity contribution >= 4 is 6.08 Å². The third kappa shape index (κ3) is 3.25. The van der Waals surface area contributed by atoms with Gasteiger partial charge in [0.25, 0.3) is 0 Å². The summed E-state index contributed by atoms with van der Waals surface area (Å²) in [7, 11) is 0. The maximum atomic E-state index is 12.9. The number of azide groups is 1. The zero-order valence-electron chi connectivity index (χ0n) is 8.27. The summed E-state index contributed by atoms with van der Waals surface area (Å²) in [6.07, 6.45) is 3.36. The standard InChI is InChI=1S/C10H9F2N3O/c11-8-5-7(10(16)9(12)6-8)3-1-2-4-14-15-13/h1,3,5-6,16H,2,4H2. The van der Waals surface area contributed by atoms with E-state index in [0.29, 0.717) is 12.5 Å². The quantitative estimate of drug-likeness (QED) is 0.363. The van der Waals surface area contributed by atoms with Crippen molar-refractivity contribution in [3.05, 3.63) is 45.8 Å². The third-order valence-electron chi connectivity index (χ3n) is 1.81. The SMILES string of the molecule is [N-]=[N+]=NCCC=Cc1cc(F)cc(F)c1O. The minimum absolute atomic E-state index is 0.0541. The minimum Gasteiger partial charge on any atom is -0.504 e. The molecule has 16 heavy (non-hydrogen) atoms. The van der Waals surface area contributed by atoms with Crippen molar-refractivity contribution in [1.29, 1.82) is 0 Å².